The zero-order valence-corrected chi connectivity index (χ0v) is 15.8. The van der Waals surface area contributed by atoms with Crippen molar-refractivity contribution in [3.05, 3.63) is 71.8 Å². The van der Waals surface area contributed by atoms with Crippen molar-refractivity contribution >= 4 is 12.1 Å². The van der Waals surface area contributed by atoms with E-state index in [9.17, 15) is 9.59 Å². The molecular formula is C21H25NO6. The number of amides is 1. The Morgan fingerprint density at radius 3 is 2.04 bits per heavy atom. The normalized spacial score (nSPS) is 11.5. The molecule has 2 aromatic carbocycles. The summed E-state index contributed by atoms with van der Waals surface area (Å²) in [7, 11) is 1.25. The van der Waals surface area contributed by atoms with Gasteiger partial charge in [0.2, 0.25) is 0 Å². The molecule has 0 bridgehead atoms. The molecule has 2 rings (SSSR count). The van der Waals surface area contributed by atoms with Crippen LogP contribution in [0.4, 0.5) is 4.79 Å². The summed E-state index contributed by atoms with van der Waals surface area (Å²) < 4.78 is 20.7. The van der Waals surface area contributed by atoms with Gasteiger partial charge in [0.15, 0.2) is 6.04 Å². The Bertz CT molecular complexity index is 707. The number of carbonyl (C=O) groups excluding carboxylic acids is 2. The van der Waals surface area contributed by atoms with Crippen LogP contribution in [0.25, 0.3) is 0 Å². The molecule has 0 saturated carbocycles. The summed E-state index contributed by atoms with van der Waals surface area (Å²) in [6.45, 7) is 1.19. The van der Waals surface area contributed by atoms with Crippen molar-refractivity contribution in [2.75, 3.05) is 26.9 Å². The monoisotopic (exact) mass is 387 g/mol. The molecule has 28 heavy (non-hydrogen) atoms. The third-order valence-electron chi connectivity index (χ3n) is 3.76. The second-order valence-corrected chi connectivity index (χ2v) is 5.89. The van der Waals surface area contributed by atoms with Crippen LogP contribution in [-0.4, -0.2) is 45.0 Å². The topological polar surface area (TPSA) is 83.1 Å². The van der Waals surface area contributed by atoms with Crippen molar-refractivity contribution in [3.8, 4) is 0 Å². The Morgan fingerprint density at radius 1 is 0.857 bits per heavy atom. The van der Waals surface area contributed by atoms with Crippen LogP contribution in [-0.2, 0) is 37.0 Å². The van der Waals surface area contributed by atoms with E-state index in [0.717, 1.165) is 11.1 Å². The second-order valence-electron chi connectivity index (χ2n) is 5.89. The molecule has 150 valence electrons. The highest BCUT2D eigenvalue weighted by molar-refractivity contribution is 5.81. The summed E-state index contributed by atoms with van der Waals surface area (Å²) >= 11 is 0. The molecule has 1 unspecified atom stereocenters. The van der Waals surface area contributed by atoms with Gasteiger partial charge in [-0.2, -0.15) is 0 Å². The molecule has 7 nitrogen and oxygen atoms in total. The summed E-state index contributed by atoms with van der Waals surface area (Å²) in [6.07, 6.45) is -0.719. The summed E-state index contributed by atoms with van der Waals surface area (Å²) in [6, 6.07) is 18.1. The SMILES string of the molecule is COC(=O)C(COCCOCc1ccccc1)NC(=O)OCc1ccccc1. The maximum absolute atomic E-state index is 11.9. The van der Waals surface area contributed by atoms with Crippen LogP contribution < -0.4 is 5.32 Å². The lowest BCUT2D eigenvalue weighted by molar-refractivity contribution is -0.144. The van der Waals surface area contributed by atoms with Crippen LogP contribution in [0.3, 0.4) is 0 Å². The number of nitrogens with one attached hydrogen (secondary N) is 1. The largest absolute Gasteiger partial charge is 0.467 e. The molecule has 1 N–H and O–H groups in total. The second kappa shape index (κ2) is 12.5. The van der Waals surface area contributed by atoms with E-state index in [-0.39, 0.29) is 19.8 Å². The fraction of sp³-hybridized carbons (Fsp3) is 0.333. The highest BCUT2D eigenvalue weighted by Gasteiger charge is 2.22. The predicted octanol–water partition coefficient (Wildman–Crippen LogP) is 2.69. The molecule has 0 aromatic heterocycles. The van der Waals surface area contributed by atoms with Gasteiger partial charge in [0.25, 0.3) is 0 Å². The quantitative estimate of drug-likeness (QED) is 0.472. The van der Waals surface area contributed by atoms with Gasteiger partial charge in [0.1, 0.15) is 6.61 Å². The Labute approximate surface area is 164 Å². The molecule has 0 saturated heterocycles. The fourth-order valence-electron chi connectivity index (χ4n) is 2.30. The average molecular weight is 387 g/mol. The van der Waals surface area contributed by atoms with Gasteiger partial charge >= 0.3 is 12.1 Å². The van der Waals surface area contributed by atoms with E-state index in [2.05, 4.69) is 5.32 Å². The predicted molar refractivity (Wildman–Crippen MR) is 102 cm³/mol. The minimum Gasteiger partial charge on any atom is -0.467 e. The van der Waals surface area contributed by atoms with E-state index in [1.54, 1.807) is 0 Å². The molecule has 0 spiro atoms. The number of carbonyl (C=O) groups is 2. The molecule has 2 aromatic rings. The van der Waals surface area contributed by atoms with Crippen LogP contribution in [0.1, 0.15) is 11.1 Å². The first-order valence-corrected chi connectivity index (χ1v) is 8.93. The van der Waals surface area contributed by atoms with Crippen molar-refractivity contribution in [2.45, 2.75) is 19.3 Å². The molecule has 7 heteroatoms. The van der Waals surface area contributed by atoms with E-state index in [1.165, 1.54) is 7.11 Å². The summed E-state index contributed by atoms with van der Waals surface area (Å²) in [5.41, 5.74) is 1.91. The third-order valence-corrected chi connectivity index (χ3v) is 3.76. The number of benzene rings is 2. The Morgan fingerprint density at radius 2 is 1.43 bits per heavy atom. The molecule has 1 atom stereocenters. The first-order chi connectivity index (χ1) is 13.7. The molecule has 0 aliphatic rings. The van der Waals surface area contributed by atoms with E-state index < -0.39 is 18.1 Å². The van der Waals surface area contributed by atoms with Gasteiger partial charge in [0.05, 0.1) is 33.5 Å². The van der Waals surface area contributed by atoms with E-state index in [4.69, 9.17) is 18.9 Å². The van der Waals surface area contributed by atoms with Crippen molar-refractivity contribution in [1.29, 1.82) is 0 Å². The molecule has 0 aliphatic carbocycles. The first-order valence-electron chi connectivity index (χ1n) is 8.93. The van der Waals surface area contributed by atoms with Crippen LogP contribution >= 0.6 is 0 Å². The summed E-state index contributed by atoms with van der Waals surface area (Å²) in [4.78, 5) is 23.7. The minimum atomic E-state index is -0.956. The number of esters is 1. The fourth-order valence-corrected chi connectivity index (χ4v) is 2.30. The maximum atomic E-state index is 11.9. The molecule has 0 fully saturated rings. The number of hydrogen-bond donors (Lipinski definition) is 1. The third kappa shape index (κ3) is 8.20. The molecule has 0 aliphatic heterocycles. The van der Waals surface area contributed by atoms with Gasteiger partial charge in [0, 0.05) is 0 Å². The highest BCUT2D eigenvalue weighted by atomic mass is 16.6. The Hall–Kier alpha value is -2.90. The van der Waals surface area contributed by atoms with Crippen molar-refractivity contribution < 1.29 is 28.5 Å². The van der Waals surface area contributed by atoms with E-state index in [0.29, 0.717) is 13.2 Å². The van der Waals surface area contributed by atoms with Gasteiger partial charge in [-0.15, -0.1) is 0 Å². The van der Waals surface area contributed by atoms with Gasteiger partial charge in [-0.3, -0.25) is 0 Å². The van der Waals surface area contributed by atoms with Crippen LogP contribution in [0.2, 0.25) is 0 Å². The summed E-state index contributed by atoms with van der Waals surface area (Å²) in [5, 5.41) is 2.45. The van der Waals surface area contributed by atoms with Crippen molar-refractivity contribution in [1.82, 2.24) is 5.32 Å². The Balaban J connectivity index is 1.66. The minimum absolute atomic E-state index is 0.0399. The lowest BCUT2D eigenvalue weighted by atomic mass is 10.2. The van der Waals surface area contributed by atoms with Crippen LogP contribution in [0.5, 0.6) is 0 Å². The zero-order chi connectivity index (χ0) is 20.0. The van der Waals surface area contributed by atoms with Gasteiger partial charge < -0.3 is 24.3 Å². The number of methoxy groups -OCH3 is 1. The lowest BCUT2D eigenvalue weighted by Gasteiger charge is -2.16. The zero-order valence-electron chi connectivity index (χ0n) is 15.8. The number of ether oxygens (including phenoxy) is 4. The van der Waals surface area contributed by atoms with Crippen molar-refractivity contribution in [3.63, 3.8) is 0 Å². The Kier molecular flexibility index (Phi) is 9.54. The average Bonchev–Trinajstić information content (AvgIpc) is 2.74. The molecular weight excluding hydrogens is 362 g/mol. The van der Waals surface area contributed by atoms with E-state index >= 15 is 0 Å². The standard InChI is InChI=1S/C21H25NO6/c1-25-20(23)19(22-21(24)28-15-18-10-6-3-7-11-18)16-27-13-12-26-14-17-8-4-2-5-9-17/h2-11,19H,12-16H2,1H3,(H,22,24). The molecule has 1 amide bonds. The van der Waals surface area contributed by atoms with Crippen LogP contribution in [0.15, 0.2) is 60.7 Å². The summed E-state index contributed by atoms with van der Waals surface area (Å²) in [5.74, 6) is -0.609. The van der Waals surface area contributed by atoms with E-state index in [1.807, 2.05) is 60.7 Å². The lowest BCUT2D eigenvalue weighted by Crippen LogP contribution is -2.45. The maximum Gasteiger partial charge on any atom is 0.408 e. The van der Waals surface area contributed by atoms with Gasteiger partial charge in [-0.05, 0) is 11.1 Å². The molecule has 0 radical (unpaired) electrons. The van der Waals surface area contributed by atoms with Crippen molar-refractivity contribution in [2.24, 2.45) is 0 Å². The number of alkyl carbamates (subject to hydrolysis) is 1. The number of hydrogen-bond acceptors (Lipinski definition) is 6. The smallest absolute Gasteiger partial charge is 0.408 e. The molecule has 0 heterocycles. The van der Waals surface area contributed by atoms with Crippen LogP contribution in [0, 0.1) is 0 Å². The highest BCUT2D eigenvalue weighted by Crippen LogP contribution is 2.02. The van der Waals surface area contributed by atoms with Gasteiger partial charge in [-0.25, -0.2) is 9.59 Å². The number of rotatable bonds is 11. The first kappa shape index (κ1) is 21.4. The van der Waals surface area contributed by atoms with Gasteiger partial charge in [-0.1, -0.05) is 60.7 Å².